The van der Waals surface area contributed by atoms with E-state index < -0.39 is 0 Å². The number of likely N-dealkylation sites (tertiary alicyclic amines) is 1. The van der Waals surface area contributed by atoms with Crippen LogP contribution in [0.2, 0.25) is 0 Å². The predicted octanol–water partition coefficient (Wildman–Crippen LogP) is 1.16. The highest BCUT2D eigenvalue weighted by Crippen LogP contribution is 2.28. The summed E-state index contributed by atoms with van der Waals surface area (Å²) >= 11 is 0. The third-order valence-electron chi connectivity index (χ3n) is 3.45. The summed E-state index contributed by atoms with van der Waals surface area (Å²) in [6.07, 6.45) is 6.23. The van der Waals surface area contributed by atoms with Gasteiger partial charge in [0.2, 0.25) is 5.91 Å². The number of nitrogens with zero attached hydrogens (tertiary/aromatic N) is 1. The van der Waals surface area contributed by atoms with Gasteiger partial charge in [-0.15, -0.1) is 0 Å². The summed E-state index contributed by atoms with van der Waals surface area (Å²) in [6, 6.07) is 0. The summed E-state index contributed by atoms with van der Waals surface area (Å²) in [5.41, 5.74) is 0. The van der Waals surface area contributed by atoms with Crippen molar-refractivity contribution in [3.63, 3.8) is 0 Å². The Balaban J connectivity index is 1.77. The number of carbonyl (C=O) groups is 1. The first-order valence-electron chi connectivity index (χ1n) is 5.71. The lowest BCUT2D eigenvalue weighted by Crippen LogP contribution is -2.30. The van der Waals surface area contributed by atoms with Crippen LogP contribution >= 0.6 is 0 Å². The molecule has 1 aliphatic carbocycles. The van der Waals surface area contributed by atoms with Crippen LogP contribution in [0.3, 0.4) is 0 Å². The highest BCUT2D eigenvalue weighted by Gasteiger charge is 2.27. The second-order valence-electron chi connectivity index (χ2n) is 4.64. The Labute approximate surface area is 85.1 Å². The number of aliphatic hydroxyl groups is 1. The van der Waals surface area contributed by atoms with Crippen molar-refractivity contribution in [2.45, 2.75) is 44.6 Å². The van der Waals surface area contributed by atoms with E-state index in [1.807, 2.05) is 4.90 Å². The standard InChI is InChI=1S/C11H19NO2/c13-10-5-6-12(8-10)11(14)7-9-3-1-2-4-9/h9-10,13H,1-8H2. The second kappa shape index (κ2) is 4.30. The van der Waals surface area contributed by atoms with Gasteiger partial charge in [0.25, 0.3) is 0 Å². The van der Waals surface area contributed by atoms with Crippen molar-refractivity contribution in [3.05, 3.63) is 0 Å². The molecule has 1 amide bonds. The van der Waals surface area contributed by atoms with Gasteiger partial charge in [0.05, 0.1) is 6.10 Å². The molecule has 0 aromatic carbocycles. The fourth-order valence-electron chi connectivity index (χ4n) is 2.56. The van der Waals surface area contributed by atoms with E-state index in [1.165, 1.54) is 25.7 Å². The number of hydrogen-bond donors (Lipinski definition) is 1. The lowest BCUT2D eigenvalue weighted by Gasteiger charge is -2.17. The van der Waals surface area contributed by atoms with Crippen molar-refractivity contribution in [2.75, 3.05) is 13.1 Å². The normalized spacial score (nSPS) is 28.6. The summed E-state index contributed by atoms with van der Waals surface area (Å²) in [5.74, 6) is 0.883. The first kappa shape index (κ1) is 9.97. The minimum Gasteiger partial charge on any atom is -0.391 e. The largest absolute Gasteiger partial charge is 0.391 e. The van der Waals surface area contributed by atoms with E-state index in [0.717, 1.165) is 13.0 Å². The number of carbonyl (C=O) groups excluding carboxylic acids is 1. The lowest BCUT2D eigenvalue weighted by molar-refractivity contribution is -0.131. The molecule has 0 aromatic rings. The fraction of sp³-hybridized carbons (Fsp3) is 0.909. The third kappa shape index (κ3) is 2.27. The Morgan fingerprint density at radius 1 is 1.29 bits per heavy atom. The average molecular weight is 197 g/mol. The Kier molecular flexibility index (Phi) is 3.06. The molecular formula is C11H19NO2. The molecule has 3 nitrogen and oxygen atoms in total. The first-order valence-corrected chi connectivity index (χ1v) is 5.71. The minimum absolute atomic E-state index is 0.258. The van der Waals surface area contributed by atoms with E-state index in [0.29, 0.717) is 18.9 Å². The van der Waals surface area contributed by atoms with Crippen molar-refractivity contribution in [3.8, 4) is 0 Å². The summed E-state index contributed by atoms with van der Waals surface area (Å²) in [4.78, 5) is 13.6. The molecule has 1 aliphatic heterocycles. The fourth-order valence-corrected chi connectivity index (χ4v) is 2.56. The number of rotatable bonds is 2. The highest BCUT2D eigenvalue weighted by atomic mass is 16.3. The molecular weight excluding hydrogens is 178 g/mol. The predicted molar refractivity (Wildman–Crippen MR) is 53.8 cm³/mol. The molecule has 1 saturated heterocycles. The van der Waals surface area contributed by atoms with Crippen molar-refractivity contribution >= 4 is 5.91 Å². The van der Waals surface area contributed by atoms with E-state index in [-0.39, 0.29) is 12.0 Å². The zero-order chi connectivity index (χ0) is 9.97. The van der Waals surface area contributed by atoms with Gasteiger partial charge in [0.1, 0.15) is 0 Å². The molecule has 1 heterocycles. The summed E-state index contributed by atoms with van der Waals surface area (Å²) in [5, 5.41) is 9.32. The van der Waals surface area contributed by atoms with Crippen LogP contribution < -0.4 is 0 Å². The van der Waals surface area contributed by atoms with Crippen LogP contribution in [-0.4, -0.2) is 35.1 Å². The molecule has 0 spiro atoms. The zero-order valence-electron chi connectivity index (χ0n) is 8.61. The van der Waals surface area contributed by atoms with Crippen LogP contribution in [-0.2, 0) is 4.79 Å². The monoisotopic (exact) mass is 197 g/mol. The van der Waals surface area contributed by atoms with Crippen molar-refractivity contribution in [2.24, 2.45) is 5.92 Å². The molecule has 1 saturated carbocycles. The molecule has 0 aromatic heterocycles. The number of hydrogen-bond acceptors (Lipinski definition) is 2. The van der Waals surface area contributed by atoms with E-state index >= 15 is 0 Å². The van der Waals surface area contributed by atoms with Gasteiger partial charge in [0.15, 0.2) is 0 Å². The molecule has 2 fully saturated rings. The Morgan fingerprint density at radius 3 is 2.57 bits per heavy atom. The molecule has 1 unspecified atom stereocenters. The van der Waals surface area contributed by atoms with Gasteiger partial charge in [-0.05, 0) is 25.2 Å². The first-order chi connectivity index (χ1) is 6.75. The quantitative estimate of drug-likeness (QED) is 0.721. The molecule has 1 atom stereocenters. The van der Waals surface area contributed by atoms with E-state index in [4.69, 9.17) is 0 Å². The molecule has 2 aliphatic rings. The van der Waals surface area contributed by atoms with Gasteiger partial charge in [-0.25, -0.2) is 0 Å². The molecule has 80 valence electrons. The van der Waals surface area contributed by atoms with Crippen LogP contribution in [0.15, 0.2) is 0 Å². The smallest absolute Gasteiger partial charge is 0.222 e. The summed E-state index contributed by atoms with van der Waals surface area (Å²) in [6.45, 7) is 1.32. The lowest BCUT2D eigenvalue weighted by atomic mass is 10.0. The Hall–Kier alpha value is -0.570. The number of amides is 1. The number of aliphatic hydroxyl groups excluding tert-OH is 1. The summed E-state index contributed by atoms with van der Waals surface area (Å²) < 4.78 is 0. The molecule has 0 bridgehead atoms. The van der Waals surface area contributed by atoms with Crippen LogP contribution in [0.5, 0.6) is 0 Å². The Morgan fingerprint density at radius 2 is 2.00 bits per heavy atom. The Bertz CT molecular complexity index is 211. The van der Waals surface area contributed by atoms with Crippen molar-refractivity contribution in [1.29, 1.82) is 0 Å². The van der Waals surface area contributed by atoms with Gasteiger partial charge < -0.3 is 10.0 Å². The topological polar surface area (TPSA) is 40.5 Å². The third-order valence-corrected chi connectivity index (χ3v) is 3.45. The van der Waals surface area contributed by atoms with E-state index in [1.54, 1.807) is 0 Å². The molecule has 0 radical (unpaired) electrons. The van der Waals surface area contributed by atoms with Gasteiger partial charge in [0, 0.05) is 19.5 Å². The molecule has 2 rings (SSSR count). The molecule has 14 heavy (non-hydrogen) atoms. The second-order valence-corrected chi connectivity index (χ2v) is 4.64. The van der Waals surface area contributed by atoms with Crippen molar-refractivity contribution in [1.82, 2.24) is 4.90 Å². The van der Waals surface area contributed by atoms with Crippen LogP contribution in [0.1, 0.15) is 38.5 Å². The van der Waals surface area contributed by atoms with Crippen LogP contribution in [0.25, 0.3) is 0 Å². The van der Waals surface area contributed by atoms with Gasteiger partial charge in [-0.3, -0.25) is 4.79 Å². The van der Waals surface area contributed by atoms with Crippen LogP contribution in [0.4, 0.5) is 0 Å². The van der Waals surface area contributed by atoms with E-state index in [2.05, 4.69) is 0 Å². The minimum atomic E-state index is -0.275. The van der Waals surface area contributed by atoms with Gasteiger partial charge in [-0.2, -0.15) is 0 Å². The van der Waals surface area contributed by atoms with Gasteiger partial charge >= 0.3 is 0 Å². The van der Waals surface area contributed by atoms with Crippen LogP contribution in [0, 0.1) is 5.92 Å². The number of β-amino-alcohol motifs (C(OH)–C–C–N with tert-alkyl or cyclic N) is 1. The molecule has 3 heteroatoms. The maximum Gasteiger partial charge on any atom is 0.222 e. The summed E-state index contributed by atoms with van der Waals surface area (Å²) in [7, 11) is 0. The zero-order valence-corrected chi connectivity index (χ0v) is 8.61. The van der Waals surface area contributed by atoms with Gasteiger partial charge in [-0.1, -0.05) is 12.8 Å². The molecule has 1 N–H and O–H groups in total. The highest BCUT2D eigenvalue weighted by molar-refractivity contribution is 5.76. The van der Waals surface area contributed by atoms with E-state index in [9.17, 15) is 9.90 Å². The maximum atomic E-state index is 11.8. The van der Waals surface area contributed by atoms with Crippen molar-refractivity contribution < 1.29 is 9.90 Å². The SMILES string of the molecule is O=C(CC1CCCC1)N1CCC(O)C1. The maximum absolute atomic E-state index is 11.8. The average Bonchev–Trinajstić information content (AvgIpc) is 2.75.